The summed E-state index contributed by atoms with van der Waals surface area (Å²) in [6.45, 7) is 10.2. The van der Waals surface area contributed by atoms with Crippen molar-refractivity contribution in [3.05, 3.63) is 41.0 Å². The van der Waals surface area contributed by atoms with Crippen LogP contribution in [0.4, 0.5) is 0 Å². The quantitative estimate of drug-likeness (QED) is 0.0767. The minimum Gasteiger partial charge on any atom is -0.481 e. The molecule has 1 aromatic heterocycles. The molecule has 0 saturated carbocycles. The number of aromatic nitrogens is 1. The summed E-state index contributed by atoms with van der Waals surface area (Å²) in [5.74, 6) is -1.40. The van der Waals surface area contributed by atoms with Gasteiger partial charge in [-0.3, -0.25) is 14.4 Å². The summed E-state index contributed by atoms with van der Waals surface area (Å²) < 4.78 is 32.8. The number of nitrogens with two attached hydrogens (primary N) is 1. The van der Waals surface area contributed by atoms with Crippen LogP contribution in [0.25, 0.3) is 10.4 Å². The number of amides is 2. The van der Waals surface area contributed by atoms with Crippen LogP contribution in [0.1, 0.15) is 50.8 Å². The maximum Gasteiger partial charge on any atom is 0.305 e. The lowest BCUT2D eigenvalue weighted by atomic mass is 9.89. The maximum atomic E-state index is 13.4. The summed E-state index contributed by atoms with van der Waals surface area (Å²) >= 11 is 1.59. The molecule has 1 aliphatic heterocycles. The molecule has 2 unspecified atom stereocenters. The Morgan fingerprint density at radius 2 is 1.54 bits per heavy atom. The molecule has 0 aliphatic carbocycles. The highest BCUT2D eigenvalue weighted by molar-refractivity contribution is 7.13. The van der Waals surface area contributed by atoms with E-state index in [-0.39, 0.29) is 50.8 Å². The Labute approximate surface area is 310 Å². The van der Waals surface area contributed by atoms with Crippen LogP contribution in [0, 0.1) is 12.3 Å². The summed E-state index contributed by atoms with van der Waals surface area (Å²) in [5, 5.41) is 21.8. The molecule has 2 amide bonds. The molecule has 52 heavy (non-hydrogen) atoms. The molecule has 3 rings (SSSR count). The monoisotopic (exact) mass is 752 g/mol. The topological polar surface area (TPSA) is 201 Å². The number of hydrogen-bond acceptors (Lipinski definition) is 13. The molecule has 0 radical (unpaired) electrons. The van der Waals surface area contributed by atoms with Crippen molar-refractivity contribution in [2.75, 3.05) is 79.2 Å². The summed E-state index contributed by atoms with van der Waals surface area (Å²) in [5.41, 5.74) is 10.4. The first-order valence-corrected chi connectivity index (χ1v) is 18.6. The van der Waals surface area contributed by atoms with Gasteiger partial charge in [0.1, 0.15) is 12.3 Å². The Morgan fingerprint density at radius 3 is 2.10 bits per heavy atom. The third kappa shape index (κ3) is 16.7. The predicted octanol–water partition coefficient (Wildman–Crippen LogP) is 2.36. The highest BCUT2D eigenvalue weighted by Crippen LogP contribution is 2.28. The Bertz CT molecular complexity index is 1340. The predicted molar refractivity (Wildman–Crippen MR) is 194 cm³/mol. The van der Waals surface area contributed by atoms with E-state index in [1.807, 2.05) is 50.5 Å². The number of β-amino-alcohol motifs (C(OH)–C–C–N with tert-alkyl or cyclic N) is 1. The molecular weight excluding hydrogens is 696 g/mol. The third-order valence-electron chi connectivity index (χ3n) is 8.14. The molecule has 15 nitrogen and oxygen atoms in total. The summed E-state index contributed by atoms with van der Waals surface area (Å²) in [6, 6.07) is 7.20. The van der Waals surface area contributed by atoms with Gasteiger partial charge in [0.2, 0.25) is 11.8 Å². The zero-order valence-electron chi connectivity index (χ0n) is 30.6. The van der Waals surface area contributed by atoms with Crippen molar-refractivity contribution < 1.29 is 53.0 Å². The number of ether oxygens (including phenoxy) is 6. The molecule has 0 spiro atoms. The number of rotatable bonds is 27. The first kappa shape index (κ1) is 43.3. The second-order valence-electron chi connectivity index (χ2n) is 13.3. The first-order chi connectivity index (χ1) is 24.9. The maximum absolute atomic E-state index is 13.4. The van der Waals surface area contributed by atoms with Gasteiger partial charge in [-0.05, 0) is 23.5 Å². The van der Waals surface area contributed by atoms with Crippen molar-refractivity contribution in [2.45, 2.75) is 71.4 Å². The van der Waals surface area contributed by atoms with Gasteiger partial charge in [0.05, 0.1) is 101 Å². The van der Waals surface area contributed by atoms with Gasteiger partial charge in [0.15, 0.2) is 0 Å². The van der Waals surface area contributed by atoms with Gasteiger partial charge >= 0.3 is 5.97 Å². The largest absolute Gasteiger partial charge is 0.481 e. The lowest BCUT2D eigenvalue weighted by Gasteiger charge is -2.30. The summed E-state index contributed by atoms with van der Waals surface area (Å²) in [6.07, 6.45) is -0.582. The van der Waals surface area contributed by atoms with Crippen LogP contribution in [0.3, 0.4) is 0 Å². The van der Waals surface area contributed by atoms with Crippen molar-refractivity contribution in [3.63, 3.8) is 0 Å². The fourth-order valence-electron chi connectivity index (χ4n) is 5.32. The van der Waals surface area contributed by atoms with Crippen LogP contribution in [-0.4, -0.2) is 135 Å². The number of aliphatic hydroxyl groups is 1. The zero-order valence-corrected chi connectivity index (χ0v) is 31.4. The molecular formula is C36H56N4O11S. The van der Waals surface area contributed by atoms with Gasteiger partial charge in [-0.2, -0.15) is 0 Å². The first-order valence-electron chi connectivity index (χ1n) is 17.7. The minimum absolute atomic E-state index is 0.0222. The zero-order chi connectivity index (χ0) is 37.8. The Kier molecular flexibility index (Phi) is 19.6. The van der Waals surface area contributed by atoms with Gasteiger partial charge in [-0.25, -0.2) is 4.98 Å². The lowest BCUT2D eigenvalue weighted by Crippen LogP contribution is -2.47. The van der Waals surface area contributed by atoms with E-state index >= 15 is 0 Å². The van der Waals surface area contributed by atoms with E-state index in [0.717, 1.165) is 21.7 Å². The smallest absolute Gasteiger partial charge is 0.305 e. The lowest BCUT2D eigenvalue weighted by molar-refractivity contribution is -0.141. The number of aliphatic carboxylic acids is 1. The van der Waals surface area contributed by atoms with E-state index in [4.69, 9.17) is 39.3 Å². The van der Waals surface area contributed by atoms with Gasteiger partial charge in [0.25, 0.3) is 0 Å². The van der Waals surface area contributed by atoms with Gasteiger partial charge in [-0.15, -0.1) is 11.3 Å². The number of hydrogen-bond donors (Lipinski definition) is 4. The molecule has 0 bridgehead atoms. The van der Waals surface area contributed by atoms with Gasteiger partial charge < -0.3 is 54.6 Å². The fourth-order valence-corrected chi connectivity index (χ4v) is 6.13. The minimum atomic E-state index is -0.890. The Hall–Kier alpha value is -3.06. The molecule has 2 heterocycles. The second-order valence-corrected chi connectivity index (χ2v) is 14.2. The van der Waals surface area contributed by atoms with E-state index < -0.39 is 29.8 Å². The van der Waals surface area contributed by atoms with Crippen LogP contribution in [0.5, 0.6) is 0 Å². The average Bonchev–Trinajstić information content (AvgIpc) is 3.72. The van der Waals surface area contributed by atoms with Crippen LogP contribution in [-0.2, 0) is 49.3 Å². The summed E-state index contributed by atoms with van der Waals surface area (Å²) in [7, 11) is 0. The number of carbonyl (C=O) groups excluding carboxylic acids is 2. The molecule has 1 aromatic carbocycles. The second kappa shape index (κ2) is 23.6. The normalized spacial score (nSPS) is 16.7. The number of carboxylic acids is 1. The number of carbonyl (C=O) groups is 3. The number of aliphatic hydroxyl groups excluding tert-OH is 1. The number of likely N-dealkylation sites (tertiary alicyclic amines) is 1. The van der Waals surface area contributed by atoms with Crippen LogP contribution >= 0.6 is 11.3 Å². The molecule has 292 valence electrons. The van der Waals surface area contributed by atoms with E-state index in [9.17, 15) is 19.5 Å². The number of nitrogens with zero attached hydrogens (tertiary/aromatic N) is 2. The molecule has 1 fully saturated rings. The van der Waals surface area contributed by atoms with Crippen molar-refractivity contribution in [3.8, 4) is 10.4 Å². The molecule has 3 atom stereocenters. The molecule has 1 saturated heterocycles. The Balaban J connectivity index is 1.22. The van der Waals surface area contributed by atoms with E-state index in [1.165, 1.54) is 4.90 Å². The number of nitrogens with one attached hydrogen (secondary N) is 1. The van der Waals surface area contributed by atoms with E-state index in [2.05, 4.69) is 10.3 Å². The van der Waals surface area contributed by atoms with Gasteiger partial charge in [-0.1, -0.05) is 38.1 Å². The van der Waals surface area contributed by atoms with E-state index in [0.29, 0.717) is 72.4 Å². The SMILES string of the molecule is Cc1ncsc1-c1ccc(CNC(=O)[C@@H]2CC(O)CN2C(=O)CC(C)(C)COC(N)CCOCCOCCOCCOCCOCCC(=O)O)cc1. The number of thiazole rings is 1. The standard InChI is InChI=1S/C36H56N4O11S/c1-26-34(52-25-39-26)28-6-4-27(5-7-28)22-38-35(45)30-20-29(41)23-40(30)32(42)21-36(2,3)24-51-31(37)8-10-46-12-14-48-16-18-50-19-17-49-15-13-47-11-9-33(43)44/h4-7,25,29-31,41H,8-24,37H2,1-3H3,(H,38,45)(H,43,44)/t29?,30-,31?/m0/s1. The highest BCUT2D eigenvalue weighted by atomic mass is 32.1. The fraction of sp³-hybridized carbons (Fsp3) is 0.667. The third-order valence-corrected chi connectivity index (χ3v) is 9.12. The molecule has 1 aliphatic rings. The van der Waals surface area contributed by atoms with Crippen molar-refractivity contribution >= 4 is 29.1 Å². The van der Waals surface area contributed by atoms with Crippen molar-refractivity contribution in [2.24, 2.45) is 11.1 Å². The highest BCUT2D eigenvalue weighted by Gasteiger charge is 2.40. The number of benzene rings is 1. The average molecular weight is 753 g/mol. The van der Waals surface area contributed by atoms with E-state index in [1.54, 1.807) is 11.3 Å². The summed E-state index contributed by atoms with van der Waals surface area (Å²) in [4.78, 5) is 43.8. The van der Waals surface area contributed by atoms with Crippen LogP contribution in [0.15, 0.2) is 29.8 Å². The van der Waals surface area contributed by atoms with Crippen molar-refractivity contribution in [1.29, 1.82) is 0 Å². The molecule has 2 aromatic rings. The Morgan fingerprint density at radius 1 is 0.962 bits per heavy atom. The number of carboxylic acid groups (broad SMARTS) is 1. The van der Waals surface area contributed by atoms with Gasteiger partial charge in [0, 0.05) is 32.4 Å². The molecule has 5 N–H and O–H groups in total. The van der Waals surface area contributed by atoms with Crippen LogP contribution in [0.2, 0.25) is 0 Å². The van der Waals surface area contributed by atoms with Crippen LogP contribution < -0.4 is 11.1 Å². The molecule has 16 heteroatoms. The van der Waals surface area contributed by atoms with Crippen molar-refractivity contribution in [1.82, 2.24) is 15.2 Å². The number of aryl methyl sites for hydroxylation is 1.